The number of nitrogens with one attached hydrogen (secondary N) is 1. The Morgan fingerprint density at radius 2 is 1.88 bits per heavy atom. The molecule has 1 aromatic carbocycles. The molecule has 3 heteroatoms. The zero-order valence-corrected chi connectivity index (χ0v) is 11.0. The molecule has 0 fully saturated rings. The Kier molecular flexibility index (Phi) is 6.67. The van der Waals surface area contributed by atoms with Crippen molar-refractivity contribution in [1.29, 1.82) is 0 Å². The molecule has 1 atom stereocenters. The summed E-state index contributed by atoms with van der Waals surface area (Å²) in [6.45, 7) is 6.49. The predicted molar refractivity (Wildman–Crippen MR) is 70.4 cm³/mol. The number of hydrogen-bond donors (Lipinski definition) is 1. The molecule has 0 spiro atoms. The van der Waals surface area contributed by atoms with Gasteiger partial charge >= 0.3 is 0 Å². The third-order valence-corrected chi connectivity index (χ3v) is 2.69. The van der Waals surface area contributed by atoms with Crippen LogP contribution in [0.25, 0.3) is 0 Å². The lowest BCUT2D eigenvalue weighted by molar-refractivity contribution is 0.164. The van der Waals surface area contributed by atoms with E-state index in [0.717, 1.165) is 25.3 Å². The molecule has 0 amide bonds. The van der Waals surface area contributed by atoms with Crippen LogP contribution < -0.4 is 10.1 Å². The van der Waals surface area contributed by atoms with E-state index in [1.165, 1.54) is 5.56 Å². The van der Waals surface area contributed by atoms with Gasteiger partial charge in [0.05, 0.1) is 13.2 Å². The first-order chi connectivity index (χ1) is 8.30. The molecule has 0 radical (unpaired) electrons. The minimum absolute atomic E-state index is 0.423. The molecule has 0 saturated heterocycles. The zero-order chi connectivity index (χ0) is 12.5. The Bertz CT molecular complexity index is 298. The van der Waals surface area contributed by atoms with Crippen LogP contribution in [-0.4, -0.2) is 26.4 Å². The van der Waals surface area contributed by atoms with Crippen LogP contribution >= 0.6 is 0 Å². The van der Waals surface area contributed by atoms with E-state index in [9.17, 15) is 0 Å². The van der Waals surface area contributed by atoms with Gasteiger partial charge in [0.1, 0.15) is 5.75 Å². The van der Waals surface area contributed by atoms with Gasteiger partial charge in [0, 0.05) is 19.7 Å². The van der Waals surface area contributed by atoms with Crippen LogP contribution in [0.4, 0.5) is 0 Å². The van der Waals surface area contributed by atoms with Gasteiger partial charge in [0.2, 0.25) is 0 Å². The molecule has 1 aromatic rings. The summed E-state index contributed by atoms with van der Waals surface area (Å²) in [5, 5.41) is 3.47. The van der Waals surface area contributed by atoms with Crippen molar-refractivity contribution in [3.8, 4) is 5.75 Å². The Labute approximate surface area is 104 Å². The SMILES string of the molecule is CCOc1ccc(CNC(CC)COC)cc1. The van der Waals surface area contributed by atoms with E-state index in [1.54, 1.807) is 7.11 Å². The van der Waals surface area contributed by atoms with Gasteiger partial charge in [-0.3, -0.25) is 0 Å². The highest BCUT2D eigenvalue weighted by molar-refractivity contribution is 5.27. The monoisotopic (exact) mass is 237 g/mol. The van der Waals surface area contributed by atoms with Crippen molar-refractivity contribution in [2.45, 2.75) is 32.9 Å². The highest BCUT2D eigenvalue weighted by Crippen LogP contribution is 2.12. The molecule has 1 N–H and O–H groups in total. The van der Waals surface area contributed by atoms with Crippen molar-refractivity contribution in [2.75, 3.05) is 20.3 Å². The summed E-state index contributed by atoms with van der Waals surface area (Å²) in [5.41, 5.74) is 1.27. The standard InChI is InChI=1S/C14H23NO2/c1-4-13(11-16-3)15-10-12-6-8-14(9-7-12)17-5-2/h6-9,13,15H,4-5,10-11H2,1-3H3. The molecule has 96 valence electrons. The second kappa shape index (κ2) is 8.09. The number of hydrogen-bond acceptors (Lipinski definition) is 3. The Morgan fingerprint density at radius 1 is 1.18 bits per heavy atom. The summed E-state index contributed by atoms with van der Waals surface area (Å²) in [6, 6.07) is 8.64. The van der Waals surface area contributed by atoms with Crippen LogP contribution in [0.1, 0.15) is 25.8 Å². The van der Waals surface area contributed by atoms with E-state index in [4.69, 9.17) is 9.47 Å². The smallest absolute Gasteiger partial charge is 0.119 e. The number of benzene rings is 1. The second-order valence-corrected chi connectivity index (χ2v) is 4.02. The molecule has 3 nitrogen and oxygen atoms in total. The fraction of sp³-hybridized carbons (Fsp3) is 0.571. The fourth-order valence-electron chi connectivity index (χ4n) is 1.65. The number of ether oxygens (including phenoxy) is 2. The van der Waals surface area contributed by atoms with Gasteiger partial charge in [-0.1, -0.05) is 19.1 Å². The summed E-state index contributed by atoms with van der Waals surface area (Å²) in [6.07, 6.45) is 1.07. The molecule has 0 heterocycles. The van der Waals surface area contributed by atoms with Crippen LogP contribution in [0.5, 0.6) is 5.75 Å². The fourth-order valence-corrected chi connectivity index (χ4v) is 1.65. The lowest BCUT2D eigenvalue weighted by Crippen LogP contribution is -2.31. The Hall–Kier alpha value is -1.06. The molecule has 0 aliphatic heterocycles. The largest absolute Gasteiger partial charge is 0.494 e. The van der Waals surface area contributed by atoms with Gasteiger partial charge in [-0.25, -0.2) is 0 Å². The van der Waals surface area contributed by atoms with E-state index in [-0.39, 0.29) is 0 Å². The van der Waals surface area contributed by atoms with Crippen molar-refractivity contribution >= 4 is 0 Å². The van der Waals surface area contributed by atoms with E-state index >= 15 is 0 Å². The Balaban J connectivity index is 2.40. The predicted octanol–water partition coefficient (Wildman–Crippen LogP) is 2.60. The lowest BCUT2D eigenvalue weighted by atomic mass is 10.2. The topological polar surface area (TPSA) is 30.5 Å². The number of methoxy groups -OCH3 is 1. The van der Waals surface area contributed by atoms with Crippen LogP contribution in [0, 0.1) is 0 Å². The average Bonchev–Trinajstić information content (AvgIpc) is 2.36. The van der Waals surface area contributed by atoms with Gasteiger partial charge in [0.25, 0.3) is 0 Å². The summed E-state index contributed by atoms with van der Waals surface area (Å²) >= 11 is 0. The van der Waals surface area contributed by atoms with Crippen LogP contribution in [0.15, 0.2) is 24.3 Å². The van der Waals surface area contributed by atoms with Crippen molar-refractivity contribution < 1.29 is 9.47 Å². The average molecular weight is 237 g/mol. The van der Waals surface area contributed by atoms with Crippen molar-refractivity contribution in [2.24, 2.45) is 0 Å². The Morgan fingerprint density at radius 3 is 2.41 bits per heavy atom. The van der Waals surface area contributed by atoms with Crippen LogP contribution in [0.3, 0.4) is 0 Å². The molecule has 17 heavy (non-hydrogen) atoms. The van der Waals surface area contributed by atoms with Crippen LogP contribution in [-0.2, 0) is 11.3 Å². The number of rotatable bonds is 8. The molecule has 1 unspecified atom stereocenters. The van der Waals surface area contributed by atoms with Gasteiger partial charge in [0.15, 0.2) is 0 Å². The highest BCUT2D eigenvalue weighted by Gasteiger charge is 2.04. The van der Waals surface area contributed by atoms with Gasteiger partial charge in [-0.05, 0) is 31.0 Å². The van der Waals surface area contributed by atoms with Crippen molar-refractivity contribution in [3.05, 3.63) is 29.8 Å². The van der Waals surface area contributed by atoms with E-state index in [2.05, 4.69) is 24.4 Å². The summed E-state index contributed by atoms with van der Waals surface area (Å²) in [4.78, 5) is 0. The summed E-state index contributed by atoms with van der Waals surface area (Å²) in [7, 11) is 1.74. The summed E-state index contributed by atoms with van der Waals surface area (Å²) < 4.78 is 10.6. The molecule has 0 saturated carbocycles. The first-order valence-electron chi connectivity index (χ1n) is 6.24. The quantitative estimate of drug-likeness (QED) is 0.754. The molecular formula is C14H23NO2. The van der Waals surface area contributed by atoms with Gasteiger partial charge in [-0.2, -0.15) is 0 Å². The molecule has 1 rings (SSSR count). The maximum atomic E-state index is 5.41. The molecule has 0 bridgehead atoms. The van der Waals surface area contributed by atoms with Gasteiger partial charge < -0.3 is 14.8 Å². The first kappa shape index (κ1) is 14.0. The zero-order valence-electron chi connectivity index (χ0n) is 11.0. The second-order valence-electron chi connectivity index (χ2n) is 4.02. The maximum absolute atomic E-state index is 5.41. The normalized spacial score (nSPS) is 12.4. The van der Waals surface area contributed by atoms with E-state index in [1.807, 2.05) is 19.1 Å². The van der Waals surface area contributed by atoms with Gasteiger partial charge in [-0.15, -0.1) is 0 Å². The molecular weight excluding hydrogens is 214 g/mol. The molecule has 0 aliphatic carbocycles. The van der Waals surface area contributed by atoms with E-state index in [0.29, 0.717) is 12.6 Å². The van der Waals surface area contributed by atoms with Crippen molar-refractivity contribution in [1.82, 2.24) is 5.32 Å². The first-order valence-corrected chi connectivity index (χ1v) is 6.24. The van der Waals surface area contributed by atoms with Crippen LogP contribution in [0.2, 0.25) is 0 Å². The third-order valence-electron chi connectivity index (χ3n) is 2.69. The van der Waals surface area contributed by atoms with Crippen molar-refractivity contribution in [3.63, 3.8) is 0 Å². The highest BCUT2D eigenvalue weighted by atomic mass is 16.5. The lowest BCUT2D eigenvalue weighted by Gasteiger charge is -2.16. The molecule has 0 aromatic heterocycles. The molecule has 0 aliphatic rings. The third kappa shape index (κ3) is 5.20. The minimum atomic E-state index is 0.423. The minimum Gasteiger partial charge on any atom is -0.494 e. The van der Waals surface area contributed by atoms with E-state index < -0.39 is 0 Å². The summed E-state index contributed by atoms with van der Waals surface area (Å²) in [5.74, 6) is 0.931. The maximum Gasteiger partial charge on any atom is 0.119 e.